The molecule has 2 heterocycles. The molecule has 1 fully saturated rings. The summed E-state index contributed by atoms with van der Waals surface area (Å²) in [7, 11) is 1.46. The molecule has 1 saturated heterocycles. The summed E-state index contributed by atoms with van der Waals surface area (Å²) < 4.78 is 14.5. The molecule has 0 radical (unpaired) electrons. The molecular formula is C9H10FN3O2. The van der Waals surface area contributed by atoms with Crippen molar-refractivity contribution in [2.45, 2.75) is 12.8 Å². The number of ketones is 1. The molecular weight excluding hydrogens is 201 g/mol. The first-order valence-corrected chi connectivity index (χ1v) is 4.59. The molecule has 0 aliphatic carbocycles. The Bertz CT molecular complexity index is 427. The molecule has 2 rings (SSSR count). The Labute approximate surface area is 85.5 Å². The highest BCUT2D eigenvalue weighted by atomic mass is 19.1. The van der Waals surface area contributed by atoms with Crippen LogP contribution in [-0.4, -0.2) is 28.0 Å². The van der Waals surface area contributed by atoms with Crippen LogP contribution in [0.1, 0.15) is 12.8 Å². The second-order valence-electron chi connectivity index (χ2n) is 3.46. The van der Waals surface area contributed by atoms with E-state index in [2.05, 4.69) is 5.10 Å². The van der Waals surface area contributed by atoms with Gasteiger partial charge < -0.3 is 4.90 Å². The summed E-state index contributed by atoms with van der Waals surface area (Å²) in [6, 6.07) is 0. The van der Waals surface area contributed by atoms with Gasteiger partial charge in [-0.05, 0) is 0 Å². The predicted octanol–water partition coefficient (Wildman–Crippen LogP) is 0.255. The quantitative estimate of drug-likeness (QED) is 0.626. The van der Waals surface area contributed by atoms with Crippen LogP contribution in [-0.2, 0) is 16.6 Å². The number of carbonyl (C=O) groups is 2. The number of Topliss-reactive ketones (excluding diaryl/α,β-unsaturated/α-hetero) is 1. The maximum Gasteiger partial charge on any atom is 0.235 e. The third kappa shape index (κ3) is 1.62. The van der Waals surface area contributed by atoms with Crippen molar-refractivity contribution in [3.8, 4) is 0 Å². The molecule has 1 aliphatic rings. The summed E-state index contributed by atoms with van der Waals surface area (Å²) in [5, 5.41) is 3.71. The van der Waals surface area contributed by atoms with E-state index >= 15 is 0 Å². The molecule has 0 N–H and O–H groups in total. The van der Waals surface area contributed by atoms with Gasteiger partial charge in [-0.25, -0.2) is 4.68 Å². The van der Waals surface area contributed by atoms with Crippen LogP contribution in [0.3, 0.4) is 0 Å². The number of hydrogen-bond acceptors (Lipinski definition) is 3. The minimum absolute atomic E-state index is 0.0967. The Morgan fingerprint density at radius 3 is 2.73 bits per heavy atom. The van der Waals surface area contributed by atoms with Gasteiger partial charge in [0.05, 0.1) is 12.6 Å². The molecule has 5 nitrogen and oxygen atoms in total. The molecule has 80 valence electrons. The molecule has 1 aliphatic heterocycles. The number of rotatable bonds is 1. The number of piperidine rings is 1. The molecule has 1 aromatic rings. The van der Waals surface area contributed by atoms with Gasteiger partial charge in [0.25, 0.3) is 0 Å². The van der Waals surface area contributed by atoms with E-state index in [0.717, 1.165) is 4.68 Å². The van der Waals surface area contributed by atoms with Gasteiger partial charge in [-0.3, -0.25) is 9.59 Å². The van der Waals surface area contributed by atoms with Crippen molar-refractivity contribution < 1.29 is 14.0 Å². The maximum absolute atomic E-state index is 13.4. The first kappa shape index (κ1) is 9.82. The van der Waals surface area contributed by atoms with E-state index in [4.69, 9.17) is 0 Å². The van der Waals surface area contributed by atoms with E-state index in [-0.39, 0.29) is 36.8 Å². The molecule has 0 atom stereocenters. The van der Waals surface area contributed by atoms with Gasteiger partial charge in [0, 0.05) is 20.0 Å². The van der Waals surface area contributed by atoms with Crippen LogP contribution in [0.5, 0.6) is 0 Å². The molecule has 15 heavy (non-hydrogen) atoms. The fraction of sp³-hybridized carbons (Fsp3) is 0.444. The Morgan fingerprint density at radius 2 is 2.20 bits per heavy atom. The lowest BCUT2D eigenvalue weighted by Crippen LogP contribution is -2.39. The second-order valence-corrected chi connectivity index (χ2v) is 3.46. The van der Waals surface area contributed by atoms with Crippen LogP contribution in [0.25, 0.3) is 0 Å². The Hall–Kier alpha value is -1.72. The van der Waals surface area contributed by atoms with Crippen molar-refractivity contribution in [2.24, 2.45) is 7.05 Å². The zero-order chi connectivity index (χ0) is 11.0. The third-order valence-electron chi connectivity index (χ3n) is 2.40. The predicted molar refractivity (Wildman–Crippen MR) is 49.8 cm³/mol. The fourth-order valence-electron chi connectivity index (χ4n) is 1.56. The number of anilines is 1. The third-order valence-corrected chi connectivity index (χ3v) is 2.40. The first-order valence-electron chi connectivity index (χ1n) is 4.59. The van der Waals surface area contributed by atoms with Crippen molar-refractivity contribution in [1.82, 2.24) is 9.78 Å². The Kier molecular flexibility index (Phi) is 2.26. The highest BCUT2D eigenvalue weighted by Crippen LogP contribution is 2.21. The standard InChI is InChI=1S/C9H10FN3O2/c1-12-9(10)7(5-11-12)13-3-2-6(14)4-8(13)15/h5H,2-4H2,1H3. The average molecular weight is 211 g/mol. The van der Waals surface area contributed by atoms with E-state index < -0.39 is 5.95 Å². The molecule has 0 bridgehead atoms. The van der Waals surface area contributed by atoms with Crippen molar-refractivity contribution in [3.05, 3.63) is 12.1 Å². The lowest BCUT2D eigenvalue weighted by Gasteiger charge is -2.24. The summed E-state index contributed by atoms with van der Waals surface area (Å²) in [6.45, 7) is 0.236. The number of aryl methyl sites for hydroxylation is 1. The number of carbonyl (C=O) groups excluding carboxylic acids is 2. The monoisotopic (exact) mass is 211 g/mol. The summed E-state index contributed by atoms with van der Waals surface area (Å²) in [5.74, 6) is -1.02. The fourth-order valence-corrected chi connectivity index (χ4v) is 1.56. The smallest absolute Gasteiger partial charge is 0.235 e. The zero-order valence-electron chi connectivity index (χ0n) is 8.23. The molecule has 1 aromatic heterocycles. The van der Waals surface area contributed by atoms with Crippen molar-refractivity contribution in [1.29, 1.82) is 0 Å². The number of aromatic nitrogens is 2. The number of halogens is 1. The topological polar surface area (TPSA) is 55.2 Å². The van der Waals surface area contributed by atoms with E-state index in [1.807, 2.05) is 0 Å². The van der Waals surface area contributed by atoms with Crippen LogP contribution in [0.2, 0.25) is 0 Å². The minimum Gasteiger partial charge on any atom is -0.306 e. The van der Waals surface area contributed by atoms with E-state index in [1.165, 1.54) is 18.1 Å². The van der Waals surface area contributed by atoms with Crippen molar-refractivity contribution >= 4 is 17.4 Å². The van der Waals surface area contributed by atoms with Crippen molar-refractivity contribution in [2.75, 3.05) is 11.4 Å². The normalized spacial score (nSPS) is 17.3. The van der Waals surface area contributed by atoms with Gasteiger partial charge >= 0.3 is 0 Å². The summed E-state index contributed by atoms with van der Waals surface area (Å²) in [6.07, 6.45) is 1.43. The number of amides is 1. The van der Waals surface area contributed by atoms with Gasteiger partial charge in [-0.15, -0.1) is 0 Å². The van der Waals surface area contributed by atoms with Crippen LogP contribution < -0.4 is 4.90 Å². The van der Waals surface area contributed by atoms with Crippen molar-refractivity contribution in [3.63, 3.8) is 0 Å². The minimum atomic E-state index is -0.558. The SMILES string of the molecule is Cn1ncc(N2CCC(=O)CC2=O)c1F. The Balaban J connectivity index is 2.28. The lowest BCUT2D eigenvalue weighted by atomic mass is 10.1. The Morgan fingerprint density at radius 1 is 1.47 bits per heavy atom. The zero-order valence-corrected chi connectivity index (χ0v) is 8.23. The maximum atomic E-state index is 13.4. The summed E-state index contributed by atoms with van der Waals surface area (Å²) in [4.78, 5) is 23.7. The van der Waals surface area contributed by atoms with E-state index in [9.17, 15) is 14.0 Å². The van der Waals surface area contributed by atoms with Gasteiger partial charge in [0.15, 0.2) is 0 Å². The van der Waals surface area contributed by atoms with Gasteiger partial charge in [0.1, 0.15) is 11.5 Å². The molecule has 0 unspecified atom stereocenters. The number of hydrogen-bond donors (Lipinski definition) is 0. The van der Waals surface area contributed by atoms with Gasteiger partial charge in [0.2, 0.25) is 11.9 Å². The van der Waals surface area contributed by atoms with Crippen LogP contribution in [0, 0.1) is 5.95 Å². The van der Waals surface area contributed by atoms with Crippen LogP contribution >= 0.6 is 0 Å². The van der Waals surface area contributed by atoms with Crippen LogP contribution in [0.15, 0.2) is 6.20 Å². The summed E-state index contributed by atoms with van der Waals surface area (Å²) in [5.41, 5.74) is 0.148. The average Bonchev–Trinajstić information content (AvgIpc) is 2.49. The molecule has 0 spiro atoms. The second kappa shape index (κ2) is 3.45. The largest absolute Gasteiger partial charge is 0.306 e. The molecule has 6 heteroatoms. The lowest BCUT2D eigenvalue weighted by molar-refractivity contribution is -0.128. The van der Waals surface area contributed by atoms with E-state index in [1.54, 1.807) is 0 Å². The first-order chi connectivity index (χ1) is 7.09. The van der Waals surface area contributed by atoms with Gasteiger partial charge in [-0.2, -0.15) is 9.49 Å². The van der Waals surface area contributed by atoms with Gasteiger partial charge in [-0.1, -0.05) is 0 Å². The molecule has 1 amide bonds. The highest BCUT2D eigenvalue weighted by molar-refractivity contribution is 6.08. The highest BCUT2D eigenvalue weighted by Gasteiger charge is 2.28. The van der Waals surface area contributed by atoms with E-state index in [0.29, 0.717) is 0 Å². The summed E-state index contributed by atoms with van der Waals surface area (Å²) >= 11 is 0. The number of nitrogens with zero attached hydrogens (tertiary/aromatic N) is 3. The molecule has 0 saturated carbocycles. The van der Waals surface area contributed by atoms with Crippen LogP contribution in [0.4, 0.5) is 10.1 Å². The molecule has 0 aromatic carbocycles.